The van der Waals surface area contributed by atoms with Crippen molar-refractivity contribution >= 4 is 23.7 Å². The topological polar surface area (TPSA) is 20.3 Å². The molecule has 21 heavy (non-hydrogen) atoms. The molecule has 2 aliphatic heterocycles. The van der Waals surface area contributed by atoms with Gasteiger partial charge in [-0.25, -0.2) is 0 Å². The largest absolute Gasteiger partial charge is 0.371 e. The van der Waals surface area contributed by atoms with E-state index in [-0.39, 0.29) is 10.8 Å². The van der Waals surface area contributed by atoms with Crippen LogP contribution in [0.15, 0.2) is 12.1 Å². The predicted octanol–water partition coefficient (Wildman–Crippen LogP) is 4.01. The van der Waals surface area contributed by atoms with Crippen LogP contribution < -0.4 is 4.90 Å². The van der Waals surface area contributed by atoms with Crippen LogP contribution in [-0.4, -0.2) is 31.4 Å². The highest BCUT2D eigenvalue weighted by Gasteiger charge is 2.41. The molecule has 3 rings (SSSR count). The Hall–Kier alpha value is -0.960. The molecule has 1 unspecified atom stereocenters. The van der Waals surface area contributed by atoms with E-state index in [4.69, 9.17) is 0 Å². The second kappa shape index (κ2) is 5.05. The van der Waals surface area contributed by atoms with Gasteiger partial charge < -0.3 is 4.90 Å². The molecule has 0 N–H and O–H groups in total. The molecular formula is C18H25NOS. The molecule has 0 saturated heterocycles. The molecule has 0 aromatic heterocycles. The SMILES string of the molecule is CSCC1(C)CCN2CCC(C)(C)c3cc(C=O)cc1c32. The van der Waals surface area contributed by atoms with Crippen LogP contribution in [0.25, 0.3) is 0 Å². The number of rotatable bonds is 3. The van der Waals surface area contributed by atoms with Gasteiger partial charge in [0.2, 0.25) is 0 Å². The maximum atomic E-state index is 11.4. The average Bonchev–Trinajstić information content (AvgIpc) is 2.45. The zero-order valence-corrected chi connectivity index (χ0v) is 14.3. The van der Waals surface area contributed by atoms with E-state index < -0.39 is 0 Å². The Balaban J connectivity index is 2.26. The van der Waals surface area contributed by atoms with Crippen molar-refractivity contribution in [3.05, 3.63) is 28.8 Å². The Labute approximate surface area is 132 Å². The highest BCUT2D eigenvalue weighted by atomic mass is 32.2. The third-order valence-corrected chi connectivity index (χ3v) is 6.29. The molecule has 1 aromatic carbocycles. The number of hydrogen-bond donors (Lipinski definition) is 0. The molecule has 114 valence electrons. The van der Waals surface area contributed by atoms with Crippen molar-refractivity contribution < 1.29 is 4.79 Å². The molecule has 1 atom stereocenters. The normalized spacial score (nSPS) is 26.4. The molecule has 1 aromatic rings. The van der Waals surface area contributed by atoms with Crippen LogP contribution in [0.5, 0.6) is 0 Å². The van der Waals surface area contributed by atoms with Crippen LogP contribution in [0.2, 0.25) is 0 Å². The van der Waals surface area contributed by atoms with Gasteiger partial charge in [-0.05, 0) is 47.8 Å². The standard InChI is InChI=1S/C18H25NOS/c1-17(2)5-7-19-8-6-18(3,12-21-4)15-10-13(11-20)9-14(17)16(15)19/h9-11H,5-8,12H2,1-4H3. The number of thioether (sulfide) groups is 1. The first kappa shape index (κ1) is 15.0. The first-order valence-corrected chi connectivity index (χ1v) is 9.19. The zero-order chi connectivity index (χ0) is 15.3. The highest BCUT2D eigenvalue weighted by molar-refractivity contribution is 7.98. The summed E-state index contributed by atoms with van der Waals surface area (Å²) in [7, 11) is 0. The summed E-state index contributed by atoms with van der Waals surface area (Å²) in [6.45, 7) is 9.28. The number of carbonyl (C=O) groups is 1. The van der Waals surface area contributed by atoms with Crippen LogP contribution in [-0.2, 0) is 10.8 Å². The van der Waals surface area contributed by atoms with Crippen molar-refractivity contribution in [1.82, 2.24) is 0 Å². The summed E-state index contributed by atoms with van der Waals surface area (Å²) in [5, 5.41) is 0. The van der Waals surface area contributed by atoms with Gasteiger partial charge in [0.05, 0.1) is 0 Å². The van der Waals surface area contributed by atoms with Gasteiger partial charge in [0.1, 0.15) is 6.29 Å². The molecule has 0 aliphatic carbocycles. The summed E-state index contributed by atoms with van der Waals surface area (Å²) < 4.78 is 0. The summed E-state index contributed by atoms with van der Waals surface area (Å²) in [6, 6.07) is 4.28. The van der Waals surface area contributed by atoms with Crippen LogP contribution in [0.1, 0.15) is 55.1 Å². The van der Waals surface area contributed by atoms with E-state index in [9.17, 15) is 4.79 Å². The summed E-state index contributed by atoms with van der Waals surface area (Å²) in [4.78, 5) is 14.0. The van der Waals surface area contributed by atoms with Gasteiger partial charge in [-0.15, -0.1) is 0 Å². The number of hydrogen-bond acceptors (Lipinski definition) is 3. The lowest BCUT2D eigenvalue weighted by Crippen LogP contribution is -2.46. The summed E-state index contributed by atoms with van der Waals surface area (Å²) >= 11 is 1.91. The molecule has 0 radical (unpaired) electrons. The van der Waals surface area contributed by atoms with E-state index >= 15 is 0 Å². The van der Waals surface area contributed by atoms with E-state index in [1.54, 1.807) is 0 Å². The molecule has 3 heteroatoms. The highest BCUT2D eigenvalue weighted by Crippen LogP contribution is 2.49. The van der Waals surface area contributed by atoms with Gasteiger partial charge in [-0.1, -0.05) is 20.8 Å². The molecule has 2 heterocycles. The van der Waals surface area contributed by atoms with Gasteiger partial charge in [-0.3, -0.25) is 4.79 Å². The van der Waals surface area contributed by atoms with Gasteiger partial charge in [0.15, 0.2) is 0 Å². The van der Waals surface area contributed by atoms with Crippen molar-refractivity contribution in [3.63, 3.8) is 0 Å². The number of aldehydes is 1. The van der Waals surface area contributed by atoms with E-state index in [0.29, 0.717) is 0 Å². The Morgan fingerprint density at radius 1 is 1.19 bits per heavy atom. The van der Waals surface area contributed by atoms with Crippen LogP contribution in [0.4, 0.5) is 5.69 Å². The molecular weight excluding hydrogens is 278 g/mol. The maximum Gasteiger partial charge on any atom is 0.150 e. The minimum absolute atomic E-state index is 0.164. The fourth-order valence-corrected chi connectivity index (χ4v) is 4.85. The molecule has 2 aliphatic rings. The summed E-state index contributed by atoms with van der Waals surface area (Å²) in [5.74, 6) is 1.12. The van der Waals surface area contributed by atoms with E-state index in [2.05, 4.69) is 44.1 Å². The number of carbonyl (C=O) groups excluding carboxylic acids is 1. The van der Waals surface area contributed by atoms with E-state index in [0.717, 1.165) is 30.7 Å². The van der Waals surface area contributed by atoms with Gasteiger partial charge >= 0.3 is 0 Å². The van der Waals surface area contributed by atoms with Gasteiger partial charge in [0.25, 0.3) is 0 Å². The third kappa shape index (κ3) is 2.30. The number of benzene rings is 1. The molecule has 2 nitrogen and oxygen atoms in total. The predicted molar refractivity (Wildman–Crippen MR) is 92.0 cm³/mol. The zero-order valence-electron chi connectivity index (χ0n) is 13.5. The number of anilines is 1. The van der Waals surface area contributed by atoms with Crippen molar-refractivity contribution in [2.24, 2.45) is 0 Å². The first-order chi connectivity index (χ1) is 9.91. The smallest absolute Gasteiger partial charge is 0.150 e. The Morgan fingerprint density at radius 2 is 1.86 bits per heavy atom. The lowest BCUT2D eigenvalue weighted by atomic mass is 9.69. The van der Waals surface area contributed by atoms with Crippen molar-refractivity contribution in [3.8, 4) is 0 Å². The second-order valence-electron chi connectivity index (χ2n) is 7.45. The lowest BCUT2D eigenvalue weighted by Gasteiger charge is -2.49. The Bertz CT molecular complexity index is 581. The monoisotopic (exact) mass is 303 g/mol. The second-order valence-corrected chi connectivity index (χ2v) is 8.31. The van der Waals surface area contributed by atoms with Crippen LogP contribution in [0.3, 0.4) is 0 Å². The first-order valence-electron chi connectivity index (χ1n) is 7.79. The summed E-state index contributed by atoms with van der Waals surface area (Å²) in [5.41, 5.74) is 5.40. The van der Waals surface area contributed by atoms with Crippen molar-refractivity contribution in [1.29, 1.82) is 0 Å². The number of nitrogens with zero attached hydrogens (tertiary/aromatic N) is 1. The minimum atomic E-state index is 0.164. The van der Waals surface area contributed by atoms with Crippen LogP contribution >= 0.6 is 11.8 Å². The quantitative estimate of drug-likeness (QED) is 0.787. The van der Waals surface area contributed by atoms with E-state index in [1.807, 2.05) is 11.8 Å². The van der Waals surface area contributed by atoms with Gasteiger partial charge in [0, 0.05) is 35.5 Å². The Morgan fingerprint density at radius 3 is 2.52 bits per heavy atom. The van der Waals surface area contributed by atoms with Crippen LogP contribution in [0, 0.1) is 0 Å². The Kier molecular flexibility index (Phi) is 3.59. The lowest BCUT2D eigenvalue weighted by molar-refractivity contribution is 0.112. The molecule has 0 fully saturated rings. The molecule has 0 bridgehead atoms. The molecule has 0 spiro atoms. The molecule has 0 amide bonds. The third-order valence-electron chi connectivity index (χ3n) is 5.37. The average molecular weight is 303 g/mol. The van der Waals surface area contributed by atoms with Crippen molar-refractivity contribution in [2.75, 3.05) is 30.0 Å². The molecule has 0 saturated carbocycles. The van der Waals surface area contributed by atoms with Gasteiger partial charge in [-0.2, -0.15) is 11.8 Å². The maximum absolute atomic E-state index is 11.4. The fraction of sp³-hybridized carbons (Fsp3) is 0.611. The summed E-state index contributed by atoms with van der Waals surface area (Å²) in [6.07, 6.45) is 5.54. The van der Waals surface area contributed by atoms with Crippen molar-refractivity contribution in [2.45, 2.75) is 44.4 Å². The fourth-order valence-electron chi connectivity index (χ4n) is 3.91. The minimum Gasteiger partial charge on any atom is -0.371 e. The van der Waals surface area contributed by atoms with E-state index in [1.165, 1.54) is 29.7 Å².